The van der Waals surface area contributed by atoms with E-state index in [2.05, 4.69) is 10.1 Å². The highest BCUT2D eigenvalue weighted by atomic mass is 19.3. The number of fused-ring (bicyclic) bond motifs is 1. The Labute approximate surface area is 176 Å². The van der Waals surface area contributed by atoms with Gasteiger partial charge in [-0.2, -0.15) is 13.9 Å². The van der Waals surface area contributed by atoms with Crippen LogP contribution in [0.15, 0.2) is 59.3 Å². The van der Waals surface area contributed by atoms with E-state index in [1.807, 2.05) is 25.1 Å². The molecule has 3 heterocycles. The molecule has 0 unspecified atom stereocenters. The lowest BCUT2D eigenvalue weighted by Gasteiger charge is -2.30. The molecule has 31 heavy (non-hydrogen) atoms. The summed E-state index contributed by atoms with van der Waals surface area (Å²) in [5.41, 5.74) is 7.61. The maximum absolute atomic E-state index is 12.8. The van der Waals surface area contributed by atoms with Crippen molar-refractivity contribution in [3.05, 3.63) is 76.1 Å². The second-order valence-corrected chi connectivity index (χ2v) is 7.20. The third-order valence-electron chi connectivity index (χ3n) is 5.23. The number of nitrogens with two attached hydrogens (primary N) is 1. The van der Waals surface area contributed by atoms with Crippen molar-refractivity contribution >= 4 is 17.4 Å². The summed E-state index contributed by atoms with van der Waals surface area (Å²) >= 11 is 0. The van der Waals surface area contributed by atoms with Gasteiger partial charge >= 0.3 is 5.69 Å². The van der Waals surface area contributed by atoms with Crippen molar-refractivity contribution in [3.8, 4) is 5.69 Å². The van der Waals surface area contributed by atoms with Crippen molar-refractivity contribution in [2.45, 2.75) is 26.3 Å². The third kappa shape index (κ3) is 3.77. The fourth-order valence-electron chi connectivity index (χ4n) is 3.62. The summed E-state index contributed by atoms with van der Waals surface area (Å²) in [6.07, 6.45) is 1.82. The first-order valence-corrected chi connectivity index (χ1v) is 9.66. The van der Waals surface area contributed by atoms with Crippen LogP contribution in [0.25, 0.3) is 5.69 Å². The third-order valence-corrected chi connectivity index (χ3v) is 5.23. The van der Waals surface area contributed by atoms with Gasteiger partial charge in [-0.05, 0) is 36.6 Å². The Bertz CT molecular complexity index is 1230. The summed E-state index contributed by atoms with van der Waals surface area (Å²) in [6, 6.07) is 9.17. The van der Waals surface area contributed by atoms with Gasteiger partial charge in [-0.25, -0.2) is 19.0 Å². The van der Waals surface area contributed by atoms with Crippen LogP contribution in [-0.2, 0) is 17.8 Å². The van der Waals surface area contributed by atoms with Crippen LogP contribution in [0, 0.1) is 6.92 Å². The van der Waals surface area contributed by atoms with Crippen LogP contribution < -0.4 is 16.3 Å². The highest BCUT2D eigenvalue weighted by Crippen LogP contribution is 2.35. The lowest BCUT2D eigenvalue weighted by atomic mass is 9.98. The van der Waals surface area contributed by atoms with Crippen molar-refractivity contribution in [2.24, 2.45) is 5.73 Å². The number of pyridine rings is 1. The summed E-state index contributed by atoms with van der Waals surface area (Å²) in [6.45, 7) is 1.17. The van der Waals surface area contributed by atoms with E-state index in [0.717, 1.165) is 21.5 Å². The lowest BCUT2D eigenvalue weighted by Crippen LogP contribution is -2.32. The number of carbonyl (C=O) groups is 1. The van der Waals surface area contributed by atoms with Gasteiger partial charge in [0.25, 0.3) is 6.08 Å². The van der Waals surface area contributed by atoms with E-state index in [1.54, 1.807) is 17.0 Å². The normalized spacial score (nSPS) is 13.3. The summed E-state index contributed by atoms with van der Waals surface area (Å²) in [7, 11) is 0. The number of carbonyl (C=O) groups excluding carboxylic acids is 1. The van der Waals surface area contributed by atoms with Crippen LogP contribution >= 0.6 is 0 Å². The van der Waals surface area contributed by atoms with Crippen LogP contribution in [0.4, 0.5) is 20.3 Å². The van der Waals surface area contributed by atoms with Gasteiger partial charge in [-0.3, -0.25) is 9.69 Å². The maximum atomic E-state index is 12.8. The first-order chi connectivity index (χ1) is 14.9. The Balaban J connectivity index is 1.66. The van der Waals surface area contributed by atoms with Gasteiger partial charge in [0.1, 0.15) is 12.1 Å². The summed E-state index contributed by atoms with van der Waals surface area (Å²) in [5.74, 6) is 0.388. The lowest BCUT2D eigenvalue weighted by molar-refractivity contribution is -0.118. The van der Waals surface area contributed by atoms with Crippen LogP contribution in [-0.4, -0.2) is 31.8 Å². The van der Waals surface area contributed by atoms with Crippen molar-refractivity contribution < 1.29 is 13.6 Å². The molecule has 2 N–H and O–H groups in total. The van der Waals surface area contributed by atoms with Gasteiger partial charge in [-0.1, -0.05) is 18.2 Å². The second-order valence-electron chi connectivity index (χ2n) is 7.20. The zero-order valence-electron chi connectivity index (χ0n) is 16.8. The average Bonchev–Trinajstić information content (AvgIpc) is 3.12. The Morgan fingerprint density at radius 2 is 1.97 bits per heavy atom. The number of aromatic nitrogens is 4. The molecule has 0 saturated carbocycles. The number of rotatable bonds is 5. The predicted octanol–water partition coefficient (Wildman–Crippen LogP) is 2.46. The number of nitrogens with zero attached hydrogens (tertiary/aromatic N) is 5. The average molecular weight is 426 g/mol. The molecule has 1 aromatic carbocycles. The summed E-state index contributed by atoms with van der Waals surface area (Å²) in [5, 5.41) is 3.88. The van der Waals surface area contributed by atoms with E-state index in [4.69, 9.17) is 5.73 Å². The molecule has 0 fully saturated rings. The second kappa shape index (κ2) is 8.23. The van der Waals surface area contributed by atoms with Gasteiger partial charge in [-0.15, -0.1) is 0 Å². The van der Waals surface area contributed by atoms with Crippen LogP contribution in [0.2, 0.25) is 0 Å². The first kappa shape index (κ1) is 20.6. The van der Waals surface area contributed by atoms with Crippen molar-refractivity contribution in [1.82, 2.24) is 19.3 Å². The highest BCUT2D eigenvalue weighted by molar-refractivity contribution is 6.03. The molecule has 2 aromatic heterocycles. The predicted molar refractivity (Wildman–Crippen MR) is 111 cm³/mol. The van der Waals surface area contributed by atoms with Gasteiger partial charge < -0.3 is 5.73 Å². The molecule has 0 bridgehead atoms. The zero-order chi connectivity index (χ0) is 22.1. The molecular weight excluding hydrogens is 406 g/mol. The molecule has 3 aromatic rings. The molecular formula is C21H20F2N6O2. The minimum atomic E-state index is -1.92. The molecule has 8 nitrogen and oxygen atoms in total. The van der Waals surface area contributed by atoms with Gasteiger partial charge in [0, 0.05) is 18.5 Å². The fraction of sp³-hybridized carbons (Fsp3) is 0.238. The van der Waals surface area contributed by atoms with Crippen LogP contribution in [0.5, 0.6) is 0 Å². The SMILES string of the molecule is Cc1cccc2c1N(c1ccc(-n3cnn(CC(CN)=C(F)F)c3=O)cn1)C(=O)CC2. The number of hydrogen-bond acceptors (Lipinski definition) is 5. The molecule has 160 valence electrons. The fourth-order valence-corrected chi connectivity index (χ4v) is 3.62. The van der Waals surface area contributed by atoms with Crippen LogP contribution in [0.1, 0.15) is 17.5 Å². The molecule has 4 rings (SSSR count). The summed E-state index contributed by atoms with van der Waals surface area (Å²) in [4.78, 5) is 31.2. The molecule has 1 aliphatic rings. The maximum Gasteiger partial charge on any atom is 0.350 e. The molecule has 0 radical (unpaired) electrons. The van der Waals surface area contributed by atoms with Crippen molar-refractivity contribution in [1.29, 1.82) is 0 Å². The molecule has 1 aliphatic heterocycles. The van der Waals surface area contributed by atoms with E-state index in [-0.39, 0.29) is 18.0 Å². The quantitative estimate of drug-likeness (QED) is 0.676. The standard InChI is InChI=1S/C21H20F2N6O2/c1-13-3-2-4-14-5-8-18(30)29(19(13)14)17-7-6-16(10-25-17)27-12-26-28(21(27)31)11-15(9-24)20(22)23/h2-4,6-7,10,12H,5,8-9,11,24H2,1H3. The van der Waals surface area contributed by atoms with E-state index in [1.165, 1.54) is 17.1 Å². The number of aryl methyl sites for hydroxylation is 2. The highest BCUT2D eigenvalue weighted by Gasteiger charge is 2.27. The smallest absolute Gasteiger partial charge is 0.327 e. The van der Waals surface area contributed by atoms with E-state index in [0.29, 0.717) is 24.3 Å². The number of hydrogen-bond donors (Lipinski definition) is 1. The molecule has 10 heteroatoms. The number of anilines is 2. The Morgan fingerprint density at radius 1 is 1.16 bits per heavy atom. The summed E-state index contributed by atoms with van der Waals surface area (Å²) < 4.78 is 27.8. The number of benzene rings is 1. The van der Waals surface area contributed by atoms with Crippen molar-refractivity contribution in [2.75, 3.05) is 11.4 Å². The minimum absolute atomic E-state index is 0.0543. The topological polar surface area (TPSA) is 99.0 Å². The van der Waals surface area contributed by atoms with Gasteiger partial charge in [0.2, 0.25) is 5.91 Å². The first-order valence-electron chi connectivity index (χ1n) is 9.66. The molecule has 0 spiro atoms. The molecule has 1 amide bonds. The monoisotopic (exact) mass is 426 g/mol. The Kier molecular flexibility index (Phi) is 5.47. The van der Waals surface area contributed by atoms with Crippen LogP contribution in [0.3, 0.4) is 0 Å². The molecule has 0 aliphatic carbocycles. The zero-order valence-corrected chi connectivity index (χ0v) is 16.8. The van der Waals surface area contributed by atoms with E-state index < -0.39 is 18.3 Å². The largest absolute Gasteiger partial charge is 0.350 e. The molecule has 0 atom stereocenters. The Hall–Kier alpha value is -3.66. The Morgan fingerprint density at radius 3 is 2.65 bits per heavy atom. The van der Waals surface area contributed by atoms with Gasteiger partial charge in [0.05, 0.1) is 24.1 Å². The molecule has 0 saturated heterocycles. The number of para-hydroxylation sites is 1. The van der Waals surface area contributed by atoms with Crippen molar-refractivity contribution in [3.63, 3.8) is 0 Å². The number of amides is 1. The number of halogens is 2. The van der Waals surface area contributed by atoms with E-state index >= 15 is 0 Å². The van der Waals surface area contributed by atoms with Gasteiger partial charge in [0.15, 0.2) is 0 Å². The minimum Gasteiger partial charge on any atom is -0.327 e. The van der Waals surface area contributed by atoms with E-state index in [9.17, 15) is 18.4 Å².